The van der Waals surface area contributed by atoms with E-state index in [2.05, 4.69) is 14.4 Å². The molecular weight excluding hydrogens is 312 g/mol. The maximum Gasteiger partial charge on any atom is 0.344 e. The SMILES string of the molecule is NC(=NS(=O)(=O)c1cnccn1)[C@@H]1CC[C@@H]2CN1C(=O)N2O. The number of carbonyl (C=O) groups is 1. The highest BCUT2D eigenvalue weighted by molar-refractivity contribution is 7.90. The second kappa shape index (κ2) is 5.18. The number of rotatable bonds is 3. The summed E-state index contributed by atoms with van der Waals surface area (Å²) in [5.41, 5.74) is 5.79. The highest BCUT2D eigenvalue weighted by atomic mass is 32.2. The normalized spacial score (nSPS) is 25.7. The Balaban J connectivity index is 1.88. The van der Waals surface area contributed by atoms with Gasteiger partial charge in [0.2, 0.25) is 0 Å². The molecule has 2 aliphatic heterocycles. The summed E-state index contributed by atoms with van der Waals surface area (Å²) in [6.07, 6.45) is 4.59. The smallest absolute Gasteiger partial charge is 0.344 e. The molecule has 3 heterocycles. The number of hydrogen-bond donors (Lipinski definition) is 2. The number of piperidine rings is 1. The molecule has 2 atom stereocenters. The first-order chi connectivity index (χ1) is 10.4. The van der Waals surface area contributed by atoms with Crippen molar-refractivity contribution in [1.29, 1.82) is 0 Å². The molecule has 10 nitrogen and oxygen atoms in total. The van der Waals surface area contributed by atoms with Crippen LogP contribution < -0.4 is 5.73 Å². The van der Waals surface area contributed by atoms with E-state index < -0.39 is 22.1 Å². The number of carbonyl (C=O) groups excluding carboxylic acids is 1. The van der Waals surface area contributed by atoms with Gasteiger partial charge in [0, 0.05) is 18.9 Å². The van der Waals surface area contributed by atoms with Crippen LogP contribution in [0.5, 0.6) is 0 Å². The van der Waals surface area contributed by atoms with Gasteiger partial charge in [0.15, 0.2) is 5.03 Å². The van der Waals surface area contributed by atoms with E-state index in [1.807, 2.05) is 0 Å². The number of fused-ring (bicyclic) bond motifs is 2. The minimum atomic E-state index is -4.08. The van der Waals surface area contributed by atoms with E-state index >= 15 is 0 Å². The second-order valence-corrected chi connectivity index (χ2v) is 6.61. The molecule has 3 rings (SSSR count). The van der Waals surface area contributed by atoms with Gasteiger partial charge in [-0.1, -0.05) is 0 Å². The molecule has 1 aromatic heterocycles. The molecule has 0 unspecified atom stereocenters. The topological polar surface area (TPSA) is 142 Å². The number of hydrogen-bond acceptors (Lipinski definition) is 6. The van der Waals surface area contributed by atoms with Crippen LogP contribution in [0.1, 0.15) is 12.8 Å². The zero-order valence-corrected chi connectivity index (χ0v) is 12.2. The fourth-order valence-electron chi connectivity index (χ4n) is 2.62. The number of sulfonamides is 1. The number of aromatic nitrogens is 2. The van der Waals surface area contributed by atoms with Gasteiger partial charge in [0.25, 0.3) is 0 Å². The van der Waals surface area contributed by atoms with Crippen LogP contribution in [0.2, 0.25) is 0 Å². The Labute approximate surface area is 126 Å². The van der Waals surface area contributed by atoms with Crippen LogP contribution in [0, 0.1) is 0 Å². The third-order valence-corrected chi connectivity index (χ3v) is 4.91. The van der Waals surface area contributed by atoms with Crippen molar-refractivity contribution >= 4 is 21.9 Å². The molecule has 0 radical (unpaired) electrons. The summed E-state index contributed by atoms with van der Waals surface area (Å²) >= 11 is 0. The summed E-state index contributed by atoms with van der Waals surface area (Å²) in [5.74, 6) is -0.201. The van der Waals surface area contributed by atoms with Crippen molar-refractivity contribution in [2.45, 2.75) is 30.0 Å². The van der Waals surface area contributed by atoms with Crippen LogP contribution in [0.25, 0.3) is 0 Å². The van der Waals surface area contributed by atoms with E-state index in [0.29, 0.717) is 24.4 Å². The van der Waals surface area contributed by atoms with Gasteiger partial charge in [-0.05, 0) is 12.8 Å². The van der Waals surface area contributed by atoms with Crippen LogP contribution in [-0.4, -0.2) is 64.1 Å². The molecule has 22 heavy (non-hydrogen) atoms. The lowest BCUT2D eigenvalue weighted by atomic mass is 10.0. The quantitative estimate of drug-likeness (QED) is 0.420. The van der Waals surface area contributed by atoms with Crippen LogP contribution in [0.3, 0.4) is 0 Å². The molecule has 1 aromatic rings. The van der Waals surface area contributed by atoms with Gasteiger partial charge >= 0.3 is 16.1 Å². The highest BCUT2D eigenvalue weighted by Crippen LogP contribution is 2.28. The van der Waals surface area contributed by atoms with Crippen molar-refractivity contribution in [3.05, 3.63) is 18.6 Å². The van der Waals surface area contributed by atoms with Crippen molar-refractivity contribution < 1.29 is 18.4 Å². The van der Waals surface area contributed by atoms with Gasteiger partial charge in [-0.2, -0.15) is 8.42 Å². The van der Waals surface area contributed by atoms with E-state index in [-0.39, 0.29) is 16.9 Å². The fourth-order valence-corrected chi connectivity index (χ4v) is 3.50. The van der Waals surface area contributed by atoms with Crippen LogP contribution >= 0.6 is 0 Å². The third kappa shape index (κ3) is 2.37. The molecule has 0 aromatic carbocycles. The lowest BCUT2D eigenvalue weighted by Crippen LogP contribution is -2.48. The second-order valence-electron chi connectivity index (χ2n) is 5.06. The summed E-state index contributed by atoms with van der Waals surface area (Å²) in [5, 5.41) is 9.94. The van der Waals surface area contributed by atoms with Gasteiger partial charge in [0.05, 0.1) is 18.3 Å². The molecule has 2 saturated heterocycles. The Morgan fingerprint density at radius 2 is 2.18 bits per heavy atom. The Hall–Kier alpha value is -2.27. The summed E-state index contributed by atoms with van der Waals surface area (Å²) < 4.78 is 27.8. The van der Waals surface area contributed by atoms with Crippen molar-refractivity contribution in [2.75, 3.05) is 6.54 Å². The van der Waals surface area contributed by atoms with Crippen molar-refractivity contribution in [3.8, 4) is 0 Å². The minimum absolute atomic E-state index is 0.201. The van der Waals surface area contributed by atoms with E-state index in [1.165, 1.54) is 17.3 Å². The maximum absolute atomic E-state index is 12.1. The summed E-state index contributed by atoms with van der Waals surface area (Å²) in [7, 11) is -4.08. The Morgan fingerprint density at radius 3 is 2.86 bits per heavy atom. The van der Waals surface area contributed by atoms with Crippen molar-refractivity contribution in [3.63, 3.8) is 0 Å². The zero-order chi connectivity index (χ0) is 15.9. The summed E-state index contributed by atoms with van der Waals surface area (Å²) in [4.78, 5) is 20.5. The van der Waals surface area contributed by atoms with Crippen LogP contribution in [0.15, 0.2) is 28.0 Å². The molecule has 0 aliphatic carbocycles. The van der Waals surface area contributed by atoms with E-state index in [9.17, 15) is 18.4 Å². The molecular formula is C11H14N6O4S. The molecule has 3 N–H and O–H groups in total. The predicted octanol–water partition coefficient (Wildman–Crippen LogP) is -0.820. The average Bonchev–Trinajstić information content (AvgIpc) is 2.72. The minimum Gasteiger partial charge on any atom is -0.385 e. The molecule has 2 amide bonds. The predicted molar refractivity (Wildman–Crippen MR) is 73.4 cm³/mol. The van der Waals surface area contributed by atoms with E-state index in [1.54, 1.807) is 0 Å². The third-order valence-electron chi connectivity index (χ3n) is 3.72. The van der Waals surface area contributed by atoms with Gasteiger partial charge in [-0.15, -0.1) is 4.40 Å². The molecule has 2 bridgehead atoms. The fraction of sp³-hybridized carbons (Fsp3) is 0.455. The van der Waals surface area contributed by atoms with E-state index in [4.69, 9.17) is 5.73 Å². The number of amides is 2. The number of nitrogens with zero attached hydrogens (tertiary/aromatic N) is 5. The van der Waals surface area contributed by atoms with Gasteiger partial charge in [0.1, 0.15) is 5.84 Å². The number of amidine groups is 1. The first-order valence-corrected chi connectivity index (χ1v) is 7.99. The lowest BCUT2D eigenvalue weighted by molar-refractivity contribution is -0.0583. The molecule has 0 saturated carbocycles. The monoisotopic (exact) mass is 326 g/mol. The molecule has 118 valence electrons. The van der Waals surface area contributed by atoms with Gasteiger partial charge in [-0.25, -0.2) is 14.8 Å². The standard InChI is InChI=1S/C11H14N6O4S/c12-10(15-22(20,21)9-5-13-3-4-14-9)8-2-1-7-6-16(8)11(18)17(7)19/h3-5,7-8,19H,1-2,6H2,(H2,12,15)/t7-,8+/m1/s1. The number of urea groups is 1. The number of nitrogens with two attached hydrogens (primary N) is 1. The molecule has 2 aliphatic rings. The number of hydroxylamine groups is 2. The Kier molecular flexibility index (Phi) is 3.45. The van der Waals surface area contributed by atoms with Crippen LogP contribution in [-0.2, 0) is 10.0 Å². The first-order valence-electron chi connectivity index (χ1n) is 6.55. The van der Waals surface area contributed by atoms with Crippen molar-refractivity contribution in [1.82, 2.24) is 19.9 Å². The molecule has 0 spiro atoms. The van der Waals surface area contributed by atoms with Crippen LogP contribution in [0.4, 0.5) is 4.79 Å². The zero-order valence-electron chi connectivity index (χ0n) is 11.4. The summed E-state index contributed by atoms with van der Waals surface area (Å²) in [6.45, 7) is 0.293. The van der Waals surface area contributed by atoms with Crippen molar-refractivity contribution in [2.24, 2.45) is 10.1 Å². The maximum atomic E-state index is 12.1. The first kappa shape index (κ1) is 14.7. The van der Waals surface area contributed by atoms with E-state index in [0.717, 1.165) is 6.20 Å². The molecule has 11 heteroatoms. The Morgan fingerprint density at radius 1 is 1.41 bits per heavy atom. The lowest BCUT2D eigenvalue weighted by Gasteiger charge is -2.29. The van der Waals surface area contributed by atoms with Gasteiger partial charge < -0.3 is 10.6 Å². The Bertz CT molecular complexity index is 721. The molecule has 2 fully saturated rings. The highest BCUT2D eigenvalue weighted by Gasteiger charge is 2.45. The summed E-state index contributed by atoms with van der Waals surface area (Å²) in [6, 6.07) is -1.54. The van der Waals surface area contributed by atoms with Gasteiger partial charge in [-0.3, -0.25) is 10.2 Å². The average molecular weight is 326 g/mol. The largest absolute Gasteiger partial charge is 0.385 e.